The molecule has 3 unspecified atom stereocenters. The maximum Gasteiger partial charge on any atom is 0.239 e. The average Bonchev–Trinajstić information content (AvgIpc) is 3.05. The lowest BCUT2D eigenvalue weighted by molar-refractivity contribution is -0.278. The molecule has 2 aromatic rings. The van der Waals surface area contributed by atoms with Crippen molar-refractivity contribution in [3.8, 4) is 11.6 Å². The van der Waals surface area contributed by atoms with Gasteiger partial charge in [0.25, 0.3) is 0 Å². The maximum absolute atomic E-state index is 10.4. The van der Waals surface area contributed by atoms with Crippen molar-refractivity contribution in [2.24, 2.45) is 0 Å². The summed E-state index contributed by atoms with van der Waals surface area (Å²) in [7, 11) is 0. The van der Waals surface area contributed by atoms with Gasteiger partial charge in [0.15, 0.2) is 0 Å². The predicted octanol–water partition coefficient (Wildman–Crippen LogP) is 1.33. The zero-order valence-corrected chi connectivity index (χ0v) is 19.2. The Hall–Kier alpha value is -2.17. The van der Waals surface area contributed by atoms with Crippen LogP contribution in [0.3, 0.4) is 0 Å². The molecule has 5 atom stereocenters. The molecule has 0 radical (unpaired) electrons. The molecule has 1 saturated heterocycles. The second-order valence-electron chi connectivity index (χ2n) is 8.71. The number of ether oxygens (including phenoxy) is 3. The minimum atomic E-state index is -1.52. The highest BCUT2D eigenvalue weighted by atomic mass is 16.7. The standard InChI is InChI=1S/C23H34N2O7/c1-12(2)25-14(5)17(10-15-6-8-16(9-7-15)30-13(3)4)22(24-25)32-23-21(29)20(28)19(27)18(11-26)31-23/h6-9,12-13,18-21,23,26-29H,10-11H2,1-5H3/t18?,19-,20?,21-,23?/m1/s1. The number of hydrogen-bond donors (Lipinski definition) is 4. The Bertz CT molecular complexity index is 879. The van der Waals surface area contributed by atoms with E-state index in [9.17, 15) is 20.4 Å². The van der Waals surface area contributed by atoms with E-state index in [2.05, 4.69) is 5.10 Å². The van der Waals surface area contributed by atoms with Crippen LogP contribution in [0.25, 0.3) is 0 Å². The van der Waals surface area contributed by atoms with E-state index in [0.29, 0.717) is 6.42 Å². The zero-order chi connectivity index (χ0) is 23.6. The number of aliphatic hydroxyl groups excluding tert-OH is 4. The molecule has 9 nitrogen and oxygen atoms in total. The molecule has 1 aromatic heterocycles. The lowest BCUT2D eigenvalue weighted by atomic mass is 9.99. The molecule has 2 heterocycles. The van der Waals surface area contributed by atoms with Gasteiger partial charge in [0.05, 0.1) is 12.7 Å². The van der Waals surface area contributed by atoms with Crippen LogP contribution in [0.1, 0.15) is 50.6 Å². The second-order valence-corrected chi connectivity index (χ2v) is 8.71. The van der Waals surface area contributed by atoms with Crippen LogP contribution in [-0.4, -0.2) is 73.6 Å². The van der Waals surface area contributed by atoms with Gasteiger partial charge in [-0.2, -0.15) is 0 Å². The first-order valence-electron chi connectivity index (χ1n) is 10.9. The highest BCUT2D eigenvalue weighted by molar-refractivity contribution is 5.38. The summed E-state index contributed by atoms with van der Waals surface area (Å²) in [5.74, 6) is 1.05. The third-order valence-corrected chi connectivity index (χ3v) is 5.48. The van der Waals surface area contributed by atoms with E-state index in [4.69, 9.17) is 14.2 Å². The minimum absolute atomic E-state index is 0.0720. The van der Waals surface area contributed by atoms with E-state index in [-0.39, 0.29) is 18.0 Å². The molecule has 32 heavy (non-hydrogen) atoms. The first-order chi connectivity index (χ1) is 15.1. The van der Waals surface area contributed by atoms with Crippen LogP contribution in [0.15, 0.2) is 24.3 Å². The lowest BCUT2D eigenvalue weighted by Gasteiger charge is -2.39. The van der Waals surface area contributed by atoms with Crippen LogP contribution in [0, 0.1) is 6.92 Å². The van der Waals surface area contributed by atoms with Crippen LogP contribution >= 0.6 is 0 Å². The topological polar surface area (TPSA) is 126 Å². The van der Waals surface area contributed by atoms with Gasteiger partial charge in [0.1, 0.15) is 30.2 Å². The first kappa shape index (κ1) is 24.5. The number of nitrogens with zero attached hydrogens (tertiary/aromatic N) is 2. The zero-order valence-electron chi connectivity index (χ0n) is 19.2. The second kappa shape index (κ2) is 10.2. The van der Waals surface area contributed by atoms with Crippen molar-refractivity contribution in [3.63, 3.8) is 0 Å². The Morgan fingerprint density at radius 1 is 1.03 bits per heavy atom. The van der Waals surface area contributed by atoms with E-state index in [1.54, 1.807) is 0 Å². The predicted molar refractivity (Wildman–Crippen MR) is 117 cm³/mol. The molecule has 1 aromatic carbocycles. The van der Waals surface area contributed by atoms with Gasteiger partial charge in [-0.3, -0.25) is 4.68 Å². The Balaban J connectivity index is 1.87. The Morgan fingerprint density at radius 3 is 2.25 bits per heavy atom. The summed E-state index contributed by atoms with van der Waals surface area (Å²) in [6.07, 6.45) is -6.20. The van der Waals surface area contributed by atoms with Gasteiger partial charge in [-0.25, -0.2) is 0 Å². The number of aliphatic hydroxyl groups is 4. The fourth-order valence-corrected chi connectivity index (χ4v) is 3.76. The summed E-state index contributed by atoms with van der Waals surface area (Å²) in [6, 6.07) is 7.84. The molecule has 1 aliphatic rings. The largest absolute Gasteiger partial charge is 0.491 e. The summed E-state index contributed by atoms with van der Waals surface area (Å²) in [5, 5.41) is 44.4. The average molecular weight is 451 g/mol. The van der Waals surface area contributed by atoms with Gasteiger partial charge < -0.3 is 34.6 Å². The van der Waals surface area contributed by atoms with Gasteiger partial charge in [0.2, 0.25) is 12.2 Å². The van der Waals surface area contributed by atoms with Crippen LogP contribution in [0.5, 0.6) is 11.6 Å². The van der Waals surface area contributed by atoms with E-state index in [0.717, 1.165) is 22.6 Å². The summed E-state index contributed by atoms with van der Waals surface area (Å²) in [5.41, 5.74) is 2.74. The minimum Gasteiger partial charge on any atom is -0.491 e. The smallest absolute Gasteiger partial charge is 0.239 e. The van der Waals surface area contributed by atoms with Crippen molar-refractivity contribution in [3.05, 3.63) is 41.1 Å². The molecule has 0 aliphatic carbocycles. The van der Waals surface area contributed by atoms with Crippen LogP contribution < -0.4 is 9.47 Å². The summed E-state index contributed by atoms with van der Waals surface area (Å²) in [4.78, 5) is 0. The van der Waals surface area contributed by atoms with Crippen molar-refractivity contribution in [1.29, 1.82) is 0 Å². The van der Waals surface area contributed by atoms with Crippen molar-refractivity contribution < 1.29 is 34.6 Å². The highest BCUT2D eigenvalue weighted by Crippen LogP contribution is 2.31. The third kappa shape index (κ3) is 5.24. The van der Waals surface area contributed by atoms with Crippen LogP contribution in [0.2, 0.25) is 0 Å². The molecule has 9 heteroatoms. The quantitative estimate of drug-likeness (QED) is 0.475. The van der Waals surface area contributed by atoms with Gasteiger partial charge >= 0.3 is 0 Å². The van der Waals surface area contributed by atoms with Crippen LogP contribution in [0.4, 0.5) is 0 Å². The van der Waals surface area contributed by atoms with E-state index < -0.39 is 37.3 Å². The van der Waals surface area contributed by atoms with E-state index in [1.165, 1.54) is 0 Å². The van der Waals surface area contributed by atoms with Gasteiger partial charge in [-0.1, -0.05) is 12.1 Å². The monoisotopic (exact) mass is 450 g/mol. The molecule has 0 amide bonds. The molecule has 0 bridgehead atoms. The summed E-state index contributed by atoms with van der Waals surface area (Å²) < 4.78 is 18.9. The maximum atomic E-state index is 10.4. The van der Waals surface area contributed by atoms with Gasteiger partial charge in [-0.15, -0.1) is 5.10 Å². The summed E-state index contributed by atoms with van der Waals surface area (Å²) >= 11 is 0. The Morgan fingerprint density at radius 2 is 1.69 bits per heavy atom. The van der Waals surface area contributed by atoms with Crippen molar-refractivity contribution in [2.45, 2.75) is 83.9 Å². The molecule has 0 spiro atoms. The SMILES string of the molecule is Cc1c(Cc2ccc(OC(C)C)cc2)c(OC2OC(CO)[C@@H](O)C(O)[C@H]2O)nn1C(C)C. The van der Waals surface area contributed by atoms with Crippen molar-refractivity contribution in [2.75, 3.05) is 6.61 Å². The molecule has 1 fully saturated rings. The molecule has 3 rings (SSSR count). The number of hydrogen-bond acceptors (Lipinski definition) is 8. The van der Waals surface area contributed by atoms with Gasteiger partial charge in [0, 0.05) is 23.7 Å². The normalized spacial score (nSPS) is 26.0. The number of aromatic nitrogens is 2. The summed E-state index contributed by atoms with van der Waals surface area (Å²) in [6.45, 7) is 9.36. The third-order valence-electron chi connectivity index (χ3n) is 5.48. The highest BCUT2D eigenvalue weighted by Gasteiger charge is 2.45. The fourth-order valence-electron chi connectivity index (χ4n) is 3.76. The Kier molecular flexibility index (Phi) is 7.79. The van der Waals surface area contributed by atoms with Gasteiger partial charge in [-0.05, 0) is 52.3 Å². The van der Waals surface area contributed by atoms with Crippen molar-refractivity contribution >= 4 is 0 Å². The first-order valence-corrected chi connectivity index (χ1v) is 10.9. The fraction of sp³-hybridized carbons (Fsp3) is 0.609. The molecule has 1 aliphatic heterocycles. The van der Waals surface area contributed by atoms with E-state index in [1.807, 2.05) is 63.6 Å². The van der Waals surface area contributed by atoms with Crippen LogP contribution in [-0.2, 0) is 11.2 Å². The van der Waals surface area contributed by atoms with E-state index >= 15 is 0 Å². The molecule has 4 N–H and O–H groups in total. The number of benzene rings is 1. The van der Waals surface area contributed by atoms with Crippen molar-refractivity contribution in [1.82, 2.24) is 9.78 Å². The lowest BCUT2D eigenvalue weighted by Crippen LogP contribution is -2.60. The number of rotatable bonds is 8. The molecule has 178 valence electrons. The molecule has 0 saturated carbocycles. The Labute approximate surface area is 188 Å². The molecular formula is C23H34N2O7. The molecular weight excluding hydrogens is 416 g/mol.